The molecule has 3 nitrogen and oxygen atoms in total. The molecule has 0 spiro atoms. The molecule has 1 unspecified atom stereocenters. The number of ether oxygens (including phenoxy) is 1. The first kappa shape index (κ1) is 12.2. The Kier molecular flexibility index (Phi) is 4.78. The van der Waals surface area contributed by atoms with Crippen LogP contribution in [0.1, 0.15) is 18.0 Å². The lowest BCUT2D eigenvalue weighted by Gasteiger charge is -2.15. The lowest BCUT2D eigenvalue weighted by Crippen LogP contribution is -2.20. The summed E-state index contributed by atoms with van der Waals surface area (Å²) in [6.45, 7) is 0. The molecule has 15 heavy (non-hydrogen) atoms. The van der Waals surface area contributed by atoms with Crippen LogP contribution in [0.3, 0.4) is 0 Å². The van der Waals surface area contributed by atoms with Gasteiger partial charge in [0.05, 0.1) is 13.5 Å². The minimum absolute atomic E-state index is 0.00514. The Bertz CT molecular complexity index is 324. The highest BCUT2D eigenvalue weighted by atomic mass is 79.9. The van der Waals surface area contributed by atoms with Crippen molar-refractivity contribution in [3.63, 3.8) is 0 Å². The van der Waals surface area contributed by atoms with E-state index in [-0.39, 0.29) is 12.0 Å². The third-order valence-corrected chi connectivity index (χ3v) is 2.75. The highest BCUT2D eigenvalue weighted by Crippen LogP contribution is 2.19. The number of benzene rings is 1. The number of nitrogens with one attached hydrogen (secondary N) is 1. The van der Waals surface area contributed by atoms with Gasteiger partial charge < -0.3 is 10.1 Å². The summed E-state index contributed by atoms with van der Waals surface area (Å²) in [5, 5.41) is 3.09. The van der Waals surface area contributed by atoms with Crippen molar-refractivity contribution in [2.45, 2.75) is 12.5 Å². The lowest BCUT2D eigenvalue weighted by atomic mass is 10.0. The summed E-state index contributed by atoms with van der Waals surface area (Å²) < 4.78 is 5.67. The van der Waals surface area contributed by atoms with Crippen LogP contribution in [0, 0.1) is 0 Å². The molecule has 0 heterocycles. The fourth-order valence-electron chi connectivity index (χ4n) is 1.33. The molecule has 0 aliphatic carbocycles. The number of hydrogen-bond acceptors (Lipinski definition) is 3. The molecule has 0 radical (unpaired) electrons. The second-order valence-corrected chi connectivity index (χ2v) is 4.09. The summed E-state index contributed by atoms with van der Waals surface area (Å²) in [6, 6.07) is 7.88. The zero-order valence-electron chi connectivity index (χ0n) is 8.79. The average molecular weight is 272 g/mol. The molecule has 1 rings (SSSR count). The van der Waals surface area contributed by atoms with Crippen molar-refractivity contribution in [1.29, 1.82) is 0 Å². The lowest BCUT2D eigenvalue weighted by molar-refractivity contribution is -0.141. The van der Waals surface area contributed by atoms with Gasteiger partial charge in [0.25, 0.3) is 0 Å². The third kappa shape index (κ3) is 3.64. The zero-order chi connectivity index (χ0) is 11.3. The summed E-state index contributed by atoms with van der Waals surface area (Å²) >= 11 is 3.37. The van der Waals surface area contributed by atoms with Gasteiger partial charge in [0.2, 0.25) is 0 Å². The van der Waals surface area contributed by atoms with Crippen molar-refractivity contribution < 1.29 is 9.53 Å². The molecule has 0 bridgehead atoms. The molecule has 1 atom stereocenters. The van der Waals surface area contributed by atoms with Crippen molar-refractivity contribution in [2.24, 2.45) is 0 Å². The Morgan fingerprint density at radius 2 is 2.07 bits per heavy atom. The average Bonchev–Trinajstić information content (AvgIpc) is 2.27. The normalized spacial score (nSPS) is 12.2. The van der Waals surface area contributed by atoms with Gasteiger partial charge in [0.1, 0.15) is 0 Å². The number of hydrogen-bond donors (Lipinski definition) is 1. The predicted octanol–water partition coefficient (Wildman–Crippen LogP) is 2.27. The van der Waals surface area contributed by atoms with Gasteiger partial charge in [-0.15, -0.1) is 0 Å². The maximum Gasteiger partial charge on any atom is 0.307 e. The molecular weight excluding hydrogens is 258 g/mol. The number of esters is 1. The maximum absolute atomic E-state index is 11.1. The molecule has 1 aromatic carbocycles. The summed E-state index contributed by atoms with van der Waals surface area (Å²) in [4.78, 5) is 11.1. The zero-order valence-corrected chi connectivity index (χ0v) is 10.4. The monoisotopic (exact) mass is 271 g/mol. The topological polar surface area (TPSA) is 38.3 Å². The molecular formula is C11H14BrNO2. The van der Waals surface area contributed by atoms with Crippen LogP contribution in [-0.2, 0) is 9.53 Å². The van der Waals surface area contributed by atoms with Gasteiger partial charge in [-0.05, 0) is 24.7 Å². The molecule has 0 aliphatic rings. The molecule has 0 aromatic heterocycles. The standard InChI is InChI=1S/C11H14BrNO2/c1-13-10(7-11(14)15-2)8-3-5-9(12)6-4-8/h3-6,10,13H,7H2,1-2H3. The van der Waals surface area contributed by atoms with E-state index in [1.807, 2.05) is 31.3 Å². The van der Waals surface area contributed by atoms with Crippen molar-refractivity contribution in [2.75, 3.05) is 14.2 Å². The Balaban J connectivity index is 2.74. The Labute approximate surface area is 97.9 Å². The van der Waals surface area contributed by atoms with Crippen LogP contribution in [-0.4, -0.2) is 20.1 Å². The largest absolute Gasteiger partial charge is 0.469 e. The first-order valence-corrected chi connectivity index (χ1v) is 5.46. The van der Waals surface area contributed by atoms with Crippen molar-refractivity contribution in [3.05, 3.63) is 34.3 Å². The van der Waals surface area contributed by atoms with E-state index in [9.17, 15) is 4.79 Å². The van der Waals surface area contributed by atoms with E-state index >= 15 is 0 Å². The fraction of sp³-hybridized carbons (Fsp3) is 0.364. The summed E-state index contributed by atoms with van der Waals surface area (Å²) in [5.41, 5.74) is 1.08. The highest BCUT2D eigenvalue weighted by molar-refractivity contribution is 9.10. The minimum atomic E-state index is -0.211. The highest BCUT2D eigenvalue weighted by Gasteiger charge is 2.13. The van der Waals surface area contributed by atoms with Crippen LogP contribution < -0.4 is 5.32 Å². The van der Waals surface area contributed by atoms with E-state index < -0.39 is 0 Å². The Hall–Kier alpha value is -0.870. The van der Waals surface area contributed by atoms with Gasteiger partial charge in [0, 0.05) is 10.5 Å². The smallest absolute Gasteiger partial charge is 0.307 e. The number of carbonyl (C=O) groups excluding carboxylic acids is 1. The first-order valence-electron chi connectivity index (χ1n) is 4.67. The SMILES string of the molecule is CNC(CC(=O)OC)c1ccc(Br)cc1. The van der Waals surface area contributed by atoms with Gasteiger partial charge in [-0.2, -0.15) is 0 Å². The minimum Gasteiger partial charge on any atom is -0.469 e. The van der Waals surface area contributed by atoms with Crippen LogP contribution >= 0.6 is 15.9 Å². The molecule has 0 fully saturated rings. The van der Waals surface area contributed by atoms with Crippen LogP contribution in [0.4, 0.5) is 0 Å². The second kappa shape index (κ2) is 5.88. The van der Waals surface area contributed by atoms with Crippen LogP contribution in [0.25, 0.3) is 0 Å². The third-order valence-electron chi connectivity index (χ3n) is 2.22. The van der Waals surface area contributed by atoms with Crippen LogP contribution in [0.5, 0.6) is 0 Å². The number of carbonyl (C=O) groups is 1. The number of methoxy groups -OCH3 is 1. The van der Waals surface area contributed by atoms with Gasteiger partial charge >= 0.3 is 5.97 Å². The second-order valence-electron chi connectivity index (χ2n) is 3.17. The molecule has 0 aliphatic heterocycles. The molecule has 4 heteroatoms. The summed E-state index contributed by atoms with van der Waals surface area (Å²) in [7, 11) is 3.23. The molecule has 0 saturated heterocycles. The molecule has 82 valence electrons. The molecule has 0 amide bonds. The quantitative estimate of drug-likeness (QED) is 0.854. The summed E-state index contributed by atoms with van der Waals surface area (Å²) in [6.07, 6.45) is 0.342. The van der Waals surface area contributed by atoms with Gasteiger partial charge in [0.15, 0.2) is 0 Å². The van der Waals surface area contributed by atoms with Gasteiger partial charge in [-0.1, -0.05) is 28.1 Å². The van der Waals surface area contributed by atoms with E-state index in [1.165, 1.54) is 7.11 Å². The number of halogens is 1. The molecule has 1 aromatic rings. The van der Waals surface area contributed by atoms with Crippen molar-refractivity contribution in [3.8, 4) is 0 Å². The molecule has 1 N–H and O–H groups in total. The van der Waals surface area contributed by atoms with Crippen LogP contribution in [0.15, 0.2) is 28.7 Å². The van der Waals surface area contributed by atoms with E-state index in [4.69, 9.17) is 0 Å². The van der Waals surface area contributed by atoms with E-state index in [0.29, 0.717) is 6.42 Å². The Morgan fingerprint density at radius 1 is 1.47 bits per heavy atom. The number of rotatable bonds is 4. The maximum atomic E-state index is 11.1. The van der Waals surface area contributed by atoms with Gasteiger partial charge in [-0.3, -0.25) is 4.79 Å². The van der Waals surface area contributed by atoms with Crippen molar-refractivity contribution in [1.82, 2.24) is 5.32 Å². The first-order chi connectivity index (χ1) is 7.17. The Morgan fingerprint density at radius 3 is 2.53 bits per heavy atom. The summed E-state index contributed by atoms with van der Waals surface area (Å²) in [5.74, 6) is -0.211. The fourth-order valence-corrected chi connectivity index (χ4v) is 1.60. The van der Waals surface area contributed by atoms with Crippen LogP contribution in [0.2, 0.25) is 0 Å². The van der Waals surface area contributed by atoms with E-state index in [2.05, 4.69) is 26.0 Å². The van der Waals surface area contributed by atoms with Crippen molar-refractivity contribution >= 4 is 21.9 Å². The van der Waals surface area contributed by atoms with E-state index in [0.717, 1.165) is 10.0 Å². The molecule has 0 saturated carbocycles. The predicted molar refractivity (Wildman–Crippen MR) is 62.6 cm³/mol. The van der Waals surface area contributed by atoms with E-state index in [1.54, 1.807) is 0 Å². The van der Waals surface area contributed by atoms with Gasteiger partial charge in [-0.25, -0.2) is 0 Å².